The van der Waals surface area contributed by atoms with Crippen LogP contribution in [-0.4, -0.2) is 55.5 Å². The van der Waals surface area contributed by atoms with Crippen molar-refractivity contribution in [3.05, 3.63) is 0 Å². The lowest BCUT2D eigenvalue weighted by Gasteiger charge is -2.37. The van der Waals surface area contributed by atoms with E-state index in [-0.39, 0.29) is 0 Å². The van der Waals surface area contributed by atoms with Crippen molar-refractivity contribution >= 4 is 5.91 Å². The monoisotopic (exact) mass is 281 g/mol. The Kier molecular flexibility index (Phi) is 5.85. The van der Waals surface area contributed by atoms with E-state index in [2.05, 4.69) is 11.9 Å². The predicted molar refractivity (Wildman–Crippen MR) is 82.4 cm³/mol. The van der Waals surface area contributed by atoms with Gasteiger partial charge in [-0.05, 0) is 70.5 Å². The molecule has 0 radical (unpaired) electrons. The van der Waals surface area contributed by atoms with Crippen LogP contribution in [-0.2, 0) is 4.79 Å². The number of nitrogens with zero attached hydrogens (tertiary/aromatic N) is 2. The van der Waals surface area contributed by atoms with Gasteiger partial charge in [-0.25, -0.2) is 0 Å². The van der Waals surface area contributed by atoms with Gasteiger partial charge in [0.2, 0.25) is 5.91 Å². The minimum atomic E-state index is 0.349. The van der Waals surface area contributed by atoms with Crippen LogP contribution in [0.3, 0.4) is 0 Å². The Labute approximate surface area is 123 Å². The van der Waals surface area contributed by atoms with Gasteiger partial charge in [0.05, 0.1) is 0 Å². The van der Waals surface area contributed by atoms with Gasteiger partial charge in [-0.3, -0.25) is 4.79 Å². The number of nitrogens with two attached hydrogens (primary N) is 1. The summed E-state index contributed by atoms with van der Waals surface area (Å²) in [5, 5.41) is 0. The van der Waals surface area contributed by atoms with E-state index in [1.165, 1.54) is 38.6 Å². The van der Waals surface area contributed by atoms with Gasteiger partial charge in [-0.2, -0.15) is 0 Å². The third kappa shape index (κ3) is 4.19. The fourth-order valence-corrected chi connectivity index (χ4v) is 3.72. The van der Waals surface area contributed by atoms with Gasteiger partial charge < -0.3 is 15.5 Å². The minimum absolute atomic E-state index is 0.349. The van der Waals surface area contributed by atoms with Gasteiger partial charge in [0, 0.05) is 26.1 Å². The number of carbonyl (C=O) groups is 1. The zero-order chi connectivity index (χ0) is 14.5. The Morgan fingerprint density at radius 1 is 1.20 bits per heavy atom. The standard InChI is InChI=1S/C16H31N3O/c1-18-9-3-4-15(12-18)19(2)16(20)10-13-5-7-14(11-17)8-6-13/h13-15H,3-12,17H2,1-2H3. The van der Waals surface area contributed by atoms with Gasteiger partial charge in [-0.1, -0.05) is 0 Å². The number of amides is 1. The highest BCUT2D eigenvalue weighted by molar-refractivity contribution is 5.76. The highest BCUT2D eigenvalue weighted by Gasteiger charge is 2.27. The van der Waals surface area contributed by atoms with Crippen LogP contribution < -0.4 is 5.73 Å². The van der Waals surface area contributed by atoms with Gasteiger partial charge in [-0.15, -0.1) is 0 Å². The summed E-state index contributed by atoms with van der Waals surface area (Å²) in [7, 11) is 4.15. The van der Waals surface area contributed by atoms with Gasteiger partial charge in [0.1, 0.15) is 0 Å². The van der Waals surface area contributed by atoms with E-state index in [0.29, 0.717) is 23.8 Å². The summed E-state index contributed by atoms with van der Waals surface area (Å²) in [5.41, 5.74) is 5.73. The van der Waals surface area contributed by atoms with Gasteiger partial charge >= 0.3 is 0 Å². The van der Waals surface area contributed by atoms with Crippen LogP contribution in [0.1, 0.15) is 44.9 Å². The molecule has 2 N–H and O–H groups in total. The molecule has 4 heteroatoms. The van der Waals surface area contributed by atoms with E-state index in [4.69, 9.17) is 5.73 Å². The lowest BCUT2D eigenvalue weighted by molar-refractivity contribution is -0.134. The van der Waals surface area contributed by atoms with Crippen LogP contribution in [0.4, 0.5) is 0 Å². The van der Waals surface area contributed by atoms with E-state index >= 15 is 0 Å². The Bertz CT molecular complexity index is 313. The number of likely N-dealkylation sites (tertiary alicyclic amines) is 1. The number of rotatable bonds is 4. The molecule has 1 aliphatic carbocycles. The molecule has 0 aromatic rings. The minimum Gasteiger partial charge on any atom is -0.341 e. The van der Waals surface area contributed by atoms with Crippen molar-refractivity contribution in [2.75, 3.05) is 33.7 Å². The van der Waals surface area contributed by atoms with Crippen molar-refractivity contribution < 1.29 is 4.79 Å². The van der Waals surface area contributed by atoms with E-state index < -0.39 is 0 Å². The number of likely N-dealkylation sites (N-methyl/N-ethyl adjacent to an activating group) is 2. The van der Waals surface area contributed by atoms with Gasteiger partial charge in [0.15, 0.2) is 0 Å². The molecule has 0 aromatic heterocycles. The number of piperidine rings is 1. The lowest BCUT2D eigenvalue weighted by atomic mass is 9.80. The normalized spacial score (nSPS) is 32.0. The zero-order valence-corrected chi connectivity index (χ0v) is 13.2. The van der Waals surface area contributed by atoms with Crippen LogP contribution in [0.5, 0.6) is 0 Å². The Balaban J connectivity index is 1.76. The molecule has 1 unspecified atom stereocenters. The molecule has 1 aliphatic heterocycles. The predicted octanol–water partition coefficient (Wildman–Crippen LogP) is 1.69. The molecule has 2 fully saturated rings. The van der Waals surface area contributed by atoms with Crippen molar-refractivity contribution in [1.29, 1.82) is 0 Å². The summed E-state index contributed by atoms with van der Waals surface area (Å²) in [6, 6.07) is 0.418. The second-order valence-corrected chi connectivity index (χ2v) is 6.89. The zero-order valence-electron chi connectivity index (χ0n) is 13.2. The Morgan fingerprint density at radius 2 is 1.85 bits per heavy atom. The largest absolute Gasteiger partial charge is 0.341 e. The molecule has 1 heterocycles. The molecule has 116 valence electrons. The van der Waals surface area contributed by atoms with E-state index in [9.17, 15) is 4.79 Å². The summed E-state index contributed by atoms with van der Waals surface area (Å²) in [6.45, 7) is 3.01. The summed E-state index contributed by atoms with van der Waals surface area (Å²) < 4.78 is 0. The first-order valence-electron chi connectivity index (χ1n) is 8.24. The summed E-state index contributed by atoms with van der Waals surface area (Å²) >= 11 is 0. The molecule has 4 nitrogen and oxygen atoms in total. The van der Waals surface area contributed by atoms with Crippen molar-refractivity contribution in [3.63, 3.8) is 0 Å². The third-order valence-corrected chi connectivity index (χ3v) is 5.30. The second-order valence-electron chi connectivity index (χ2n) is 6.89. The van der Waals surface area contributed by atoms with Crippen molar-refractivity contribution in [1.82, 2.24) is 9.80 Å². The first-order valence-corrected chi connectivity index (χ1v) is 8.24. The molecule has 2 aliphatic rings. The maximum absolute atomic E-state index is 12.5. The topological polar surface area (TPSA) is 49.6 Å². The molecule has 1 saturated carbocycles. The number of hydrogen-bond acceptors (Lipinski definition) is 3. The number of carbonyl (C=O) groups excluding carboxylic acids is 1. The smallest absolute Gasteiger partial charge is 0.222 e. The average Bonchev–Trinajstić information content (AvgIpc) is 2.47. The van der Waals surface area contributed by atoms with Crippen molar-refractivity contribution in [2.24, 2.45) is 17.6 Å². The Hall–Kier alpha value is -0.610. The molecule has 2 rings (SSSR count). The number of hydrogen-bond donors (Lipinski definition) is 1. The molecule has 1 amide bonds. The highest BCUT2D eigenvalue weighted by Crippen LogP contribution is 2.30. The van der Waals surface area contributed by atoms with Crippen LogP contribution in [0.25, 0.3) is 0 Å². The van der Waals surface area contributed by atoms with E-state index in [1.807, 2.05) is 11.9 Å². The van der Waals surface area contributed by atoms with Crippen LogP contribution >= 0.6 is 0 Å². The quantitative estimate of drug-likeness (QED) is 0.853. The third-order valence-electron chi connectivity index (χ3n) is 5.30. The summed E-state index contributed by atoms with van der Waals surface area (Å²) in [6.07, 6.45) is 7.91. The molecule has 0 aromatic carbocycles. The van der Waals surface area contributed by atoms with Crippen LogP contribution in [0.2, 0.25) is 0 Å². The maximum atomic E-state index is 12.5. The fraction of sp³-hybridized carbons (Fsp3) is 0.938. The molecule has 1 saturated heterocycles. The molecule has 20 heavy (non-hydrogen) atoms. The van der Waals surface area contributed by atoms with Crippen molar-refractivity contribution in [3.8, 4) is 0 Å². The maximum Gasteiger partial charge on any atom is 0.222 e. The van der Waals surface area contributed by atoms with Crippen LogP contribution in [0.15, 0.2) is 0 Å². The molecule has 0 bridgehead atoms. The first kappa shape index (κ1) is 15.8. The Morgan fingerprint density at radius 3 is 2.45 bits per heavy atom. The lowest BCUT2D eigenvalue weighted by Crippen LogP contribution is -2.47. The highest BCUT2D eigenvalue weighted by atomic mass is 16.2. The molecule has 0 spiro atoms. The molecular weight excluding hydrogens is 250 g/mol. The summed E-state index contributed by atoms with van der Waals surface area (Å²) in [5.74, 6) is 1.64. The van der Waals surface area contributed by atoms with Gasteiger partial charge in [0.25, 0.3) is 0 Å². The summed E-state index contributed by atoms with van der Waals surface area (Å²) in [4.78, 5) is 16.8. The van der Waals surface area contributed by atoms with Crippen LogP contribution in [0, 0.1) is 11.8 Å². The van der Waals surface area contributed by atoms with E-state index in [1.54, 1.807) is 0 Å². The fourth-order valence-electron chi connectivity index (χ4n) is 3.72. The first-order chi connectivity index (χ1) is 9.60. The van der Waals surface area contributed by atoms with E-state index in [0.717, 1.165) is 25.9 Å². The molecule has 1 atom stereocenters. The SMILES string of the molecule is CN1CCCC(N(C)C(=O)CC2CCC(CN)CC2)C1. The van der Waals surface area contributed by atoms with Crippen molar-refractivity contribution in [2.45, 2.75) is 51.0 Å². The second kappa shape index (κ2) is 7.41. The molecular formula is C16H31N3O. The average molecular weight is 281 g/mol.